The zero-order valence-corrected chi connectivity index (χ0v) is 7.58. The Balaban J connectivity index is 2.56. The van der Waals surface area contributed by atoms with Crippen LogP contribution in [-0.4, -0.2) is 6.61 Å². The van der Waals surface area contributed by atoms with E-state index < -0.39 is 0 Å². The highest BCUT2D eigenvalue weighted by Gasteiger charge is 2.18. The minimum Gasteiger partial charge on any atom is -0.373 e. The van der Waals surface area contributed by atoms with E-state index in [1.807, 2.05) is 25.1 Å². The Kier molecular flexibility index (Phi) is 2.03. The molecular weight excluding hydrogens is 162 g/mol. The Morgan fingerprint density at radius 2 is 2.38 bits per heavy atom. The lowest BCUT2D eigenvalue weighted by atomic mass is 9.94. The average molecular weight is 173 g/mol. The van der Waals surface area contributed by atoms with Gasteiger partial charge in [0.15, 0.2) is 0 Å². The molecule has 1 aliphatic rings. The van der Waals surface area contributed by atoms with E-state index in [0.717, 1.165) is 18.6 Å². The van der Waals surface area contributed by atoms with Crippen molar-refractivity contribution < 1.29 is 4.74 Å². The molecule has 1 aliphatic heterocycles. The van der Waals surface area contributed by atoms with Crippen molar-refractivity contribution in [3.05, 3.63) is 34.9 Å². The van der Waals surface area contributed by atoms with Gasteiger partial charge in [-0.2, -0.15) is 5.26 Å². The van der Waals surface area contributed by atoms with Gasteiger partial charge in [0.05, 0.1) is 24.3 Å². The van der Waals surface area contributed by atoms with E-state index in [2.05, 4.69) is 6.07 Å². The third kappa shape index (κ3) is 1.32. The van der Waals surface area contributed by atoms with Crippen LogP contribution >= 0.6 is 0 Å². The van der Waals surface area contributed by atoms with Crippen molar-refractivity contribution in [3.63, 3.8) is 0 Å². The highest BCUT2D eigenvalue weighted by molar-refractivity contribution is 5.44. The van der Waals surface area contributed by atoms with Crippen molar-refractivity contribution in [2.75, 3.05) is 6.61 Å². The van der Waals surface area contributed by atoms with Crippen LogP contribution < -0.4 is 0 Å². The van der Waals surface area contributed by atoms with Gasteiger partial charge in [-0.1, -0.05) is 12.1 Å². The van der Waals surface area contributed by atoms with Gasteiger partial charge < -0.3 is 4.74 Å². The van der Waals surface area contributed by atoms with Gasteiger partial charge in [-0.15, -0.1) is 0 Å². The Morgan fingerprint density at radius 3 is 3.15 bits per heavy atom. The molecule has 0 saturated carbocycles. The van der Waals surface area contributed by atoms with Crippen molar-refractivity contribution in [1.82, 2.24) is 0 Å². The second kappa shape index (κ2) is 3.20. The molecule has 0 radical (unpaired) electrons. The molecule has 0 saturated heterocycles. The van der Waals surface area contributed by atoms with E-state index in [-0.39, 0.29) is 6.10 Å². The summed E-state index contributed by atoms with van der Waals surface area (Å²) in [5.41, 5.74) is 3.14. The molecule has 1 aromatic rings. The topological polar surface area (TPSA) is 33.0 Å². The highest BCUT2D eigenvalue weighted by Crippen LogP contribution is 2.28. The Morgan fingerprint density at radius 1 is 1.54 bits per heavy atom. The summed E-state index contributed by atoms with van der Waals surface area (Å²) >= 11 is 0. The van der Waals surface area contributed by atoms with Crippen LogP contribution in [0, 0.1) is 11.3 Å². The number of hydrogen-bond acceptors (Lipinski definition) is 2. The summed E-state index contributed by atoms with van der Waals surface area (Å²) in [6.45, 7) is 2.76. The van der Waals surface area contributed by atoms with Crippen molar-refractivity contribution in [1.29, 1.82) is 5.26 Å². The number of nitrogens with zero attached hydrogens (tertiary/aromatic N) is 1. The molecule has 2 heteroatoms. The van der Waals surface area contributed by atoms with Crippen molar-refractivity contribution in [2.45, 2.75) is 19.4 Å². The van der Waals surface area contributed by atoms with Gasteiger partial charge in [-0.05, 0) is 30.5 Å². The molecule has 1 atom stereocenters. The standard InChI is InChI=1S/C11H11NO/c1-8-10-4-2-3-9(7-12)11(10)5-6-13-8/h2-4,8H,5-6H2,1H3. The lowest BCUT2D eigenvalue weighted by Crippen LogP contribution is -2.15. The van der Waals surface area contributed by atoms with E-state index in [1.165, 1.54) is 11.1 Å². The van der Waals surface area contributed by atoms with Crippen LogP contribution in [0.3, 0.4) is 0 Å². The molecular formula is C11H11NO. The molecule has 0 bridgehead atoms. The van der Waals surface area contributed by atoms with E-state index in [0.29, 0.717) is 0 Å². The third-order valence-corrected chi connectivity index (χ3v) is 2.49. The lowest BCUT2D eigenvalue weighted by molar-refractivity contribution is 0.0554. The van der Waals surface area contributed by atoms with Gasteiger partial charge in [-0.3, -0.25) is 0 Å². The minimum atomic E-state index is 0.136. The number of nitriles is 1. The Labute approximate surface area is 77.8 Å². The van der Waals surface area contributed by atoms with Gasteiger partial charge >= 0.3 is 0 Å². The van der Waals surface area contributed by atoms with Crippen molar-refractivity contribution in [2.24, 2.45) is 0 Å². The van der Waals surface area contributed by atoms with E-state index in [4.69, 9.17) is 10.00 Å². The Bertz CT molecular complexity index is 365. The fourth-order valence-corrected chi connectivity index (χ4v) is 1.80. The number of ether oxygens (including phenoxy) is 1. The van der Waals surface area contributed by atoms with Crippen LogP contribution in [-0.2, 0) is 11.2 Å². The van der Waals surface area contributed by atoms with E-state index in [1.54, 1.807) is 0 Å². The van der Waals surface area contributed by atoms with E-state index in [9.17, 15) is 0 Å². The first-order valence-corrected chi connectivity index (χ1v) is 4.46. The summed E-state index contributed by atoms with van der Waals surface area (Å²) in [7, 11) is 0. The lowest BCUT2D eigenvalue weighted by Gasteiger charge is -2.23. The van der Waals surface area contributed by atoms with E-state index >= 15 is 0 Å². The first kappa shape index (κ1) is 8.28. The summed E-state index contributed by atoms with van der Waals surface area (Å²) in [4.78, 5) is 0. The monoisotopic (exact) mass is 173 g/mol. The summed E-state index contributed by atoms with van der Waals surface area (Å²) in [5.74, 6) is 0. The predicted molar refractivity (Wildman–Crippen MR) is 49.2 cm³/mol. The van der Waals surface area contributed by atoms with Crippen LogP contribution in [0.5, 0.6) is 0 Å². The van der Waals surface area contributed by atoms with Crippen LogP contribution in [0.2, 0.25) is 0 Å². The maximum absolute atomic E-state index is 8.89. The smallest absolute Gasteiger partial charge is 0.0994 e. The van der Waals surface area contributed by atoms with Gasteiger partial charge in [0.2, 0.25) is 0 Å². The normalized spacial score (nSPS) is 20.5. The van der Waals surface area contributed by atoms with Crippen LogP contribution in [0.4, 0.5) is 0 Å². The zero-order valence-electron chi connectivity index (χ0n) is 7.58. The second-order valence-electron chi connectivity index (χ2n) is 3.25. The fourth-order valence-electron chi connectivity index (χ4n) is 1.80. The Hall–Kier alpha value is -1.33. The largest absolute Gasteiger partial charge is 0.373 e. The summed E-state index contributed by atoms with van der Waals surface area (Å²) in [6.07, 6.45) is 1.00. The number of fused-ring (bicyclic) bond motifs is 1. The molecule has 0 fully saturated rings. The maximum atomic E-state index is 8.89. The molecule has 0 aliphatic carbocycles. The number of hydrogen-bond donors (Lipinski definition) is 0. The third-order valence-electron chi connectivity index (χ3n) is 2.49. The van der Waals surface area contributed by atoms with Crippen LogP contribution in [0.15, 0.2) is 18.2 Å². The molecule has 66 valence electrons. The van der Waals surface area contributed by atoms with Crippen molar-refractivity contribution in [3.8, 4) is 6.07 Å². The molecule has 0 amide bonds. The first-order chi connectivity index (χ1) is 6.33. The molecule has 0 N–H and O–H groups in total. The molecule has 13 heavy (non-hydrogen) atoms. The van der Waals surface area contributed by atoms with Crippen LogP contribution in [0.25, 0.3) is 0 Å². The maximum Gasteiger partial charge on any atom is 0.0994 e. The molecule has 2 nitrogen and oxygen atoms in total. The van der Waals surface area contributed by atoms with Gasteiger partial charge in [0.25, 0.3) is 0 Å². The molecule has 2 rings (SSSR count). The van der Waals surface area contributed by atoms with Crippen molar-refractivity contribution >= 4 is 0 Å². The summed E-state index contributed by atoms with van der Waals surface area (Å²) in [6, 6.07) is 8.05. The number of rotatable bonds is 0. The van der Waals surface area contributed by atoms with Gasteiger partial charge in [-0.25, -0.2) is 0 Å². The molecule has 0 spiro atoms. The molecule has 1 heterocycles. The van der Waals surface area contributed by atoms with Crippen LogP contribution in [0.1, 0.15) is 29.7 Å². The molecule has 1 aromatic carbocycles. The van der Waals surface area contributed by atoms with Gasteiger partial charge in [0, 0.05) is 0 Å². The minimum absolute atomic E-state index is 0.136. The first-order valence-electron chi connectivity index (χ1n) is 4.46. The molecule has 0 aromatic heterocycles. The predicted octanol–water partition coefficient (Wildman–Crippen LogP) is 2.19. The zero-order chi connectivity index (χ0) is 9.26. The fraction of sp³-hybridized carbons (Fsp3) is 0.364. The SMILES string of the molecule is CC1OCCc2c(C#N)cccc21. The summed E-state index contributed by atoms with van der Waals surface area (Å²) in [5, 5.41) is 8.89. The summed E-state index contributed by atoms with van der Waals surface area (Å²) < 4.78 is 5.49. The molecule has 1 unspecified atom stereocenters. The second-order valence-corrected chi connectivity index (χ2v) is 3.25. The number of benzene rings is 1. The quantitative estimate of drug-likeness (QED) is 0.602. The van der Waals surface area contributed by atoms with Gasteiger partial charge in [0.1, 0.15) is 0 Å². The average Bonchev–Trinajstić information content (AvgIpc) is 2.18. The highest BCUT2D eigenvalue weighted by atomic mass is 16.5.